The van der Waals surface area contributed by atoms with Crippen LogP contribution in [0.1, 0.15) is 30.3 Å². The van der Waals surface area contributed by atoms with Gasteiger partial charge in [0.1, 0.15) is 16.5 Å². The lowest BCUT2D eigenvalue weighted by molar-refractivity contribution is -0.117. The van der Waals surface area contributed by atoms with Crippen molar-refractivity contribution in [2.75, 3.05) is 13.7 Å². The molecule has 0 radical (unpaired) electrons. The first-order valence-electron chi connectivity index (χ1n) is 6.86. The second kappa shape index (κ2) is 7.70. The number of nitrogens with zero attached hydrogens (tertiary/aromatic N) is 1. The summed E-state index contributed by atoms with van der Waals surface area (Å²) < 4.78 is 10.2. The molecule has 0 saturated heterocycles. The third-order valence-corrected chi connectivity index (χ3v) is 3.85. The molecule has 6 heteroatoms. The molecule has 1 heterocycles. The van der Waals surface area contributed by atoms with Crippen molar-refractivity contribution >= 4 is 23.1 Å². The number of rotatable bonds is 7. The molecule has 116 valence electrons. The molecule has 0 aliphatic rings. The normalized spacial score (nSPS) is 10.3. The van der Waals surface area contributed by atoms with Gasteiger partial charge in [-0.05, 0) is 37.6 Å². The SMILES string of the molecule is COc1ccc(-c2nc(C(=O)OCCCC(C)=O)cs2)cc1. The van der Waals surface area contributed by atoms with Gasteiger partial charge < -0.3 is 14.3 Å². The Hall–Kier alpha value is -2.21. The predicted molar refractivity (Wildman–Crippen MR) is 84.3 cm³/mol. The summed E-state index contributed by atoms with van der Waals surface area (Å²) in [7, 11) is 1.61. The minimum atomic E-state index is -0.459. The van der Waals surface area contributed by atoms with E-state index in [2.05, 4.69) is 4.98 Å². The topological polar surface area (TPSA) is 65.5 Å². The fourth-order valence-corrected chi connectivity index (χ4v) is 2.59. The number of carbonyl (C=O) groups excluding carboxylic acids is 2. The maximum absolute atomic E-state index is 11.9. The van der Waals surface area contributed by atoms with Crippen LogP contribution in [0.2, 0.25) is 0 Å². The third-order valence-electron chi connectivity index (χ3n) is 2.96. The van der Waals surface area contributed by atoms with Gasteiger partial charge >= 0.3 is 5.97 Å². The number of hydrogen-bond acceptors (Lipinski definition) is 6. The molecule has 2 aromatic rings. The van der Waals surface area contributed by atoms with E-state index in [4.69, 9.17) is 9.47 Å². The first-order valence-corrected chi connectivity index (χ1v) is 7.74. The van der Waals surface area contributed by atoms with Crippen LogP contribution in [-0.4, -0.2) is 30.5 Å². The monoisotopic (exact) mass is 319 g/mol. The summed E-state index contributed by atoms with van der Waals surface area (Å²) in [4.78, 5) is 26.9. The summed E-state index contributed by atoms with van der Waals surface area (Å²) in [6.07, 6.45) is 0.956. The zero-order valence-electron chi connectivity index (χ0n) is 12.5. The average molecular weight is 319 g/mol. The van der Waals surface area contributed by atoms with E-state index in [0.29, 0.717) is 18.5 Å². The lowest BCUT2D eigenvalue weighted by atomic mass is 10.2. The van der Waals surface area contributed by atoms with E-state index >= 15 is 0 Å². The van der Waals surface area contributed by atoms with E-state index in [9.17, 15) is 9.59 Å². The molecule has 0 bridgehead atoms. The van der Waals surface area contributed by atoms with Crippen molar-refractivity contribution in [3.05, 3.63) is 35.3 Å². The van der Waals surface area contributed by atoms with E-state index in [1.807, 2.05) is 24.3 Å². The van der Waals surface area contributed by atoms with Crippen molar-refractivity contribution in [3.8, 4) is 16.3 Å². The van der Waals surface area contributed by atoms with E-state index < -0.39 is 5.97 Å². The summed E-state index contributed by atoms with van der Waals surface area (Å²) in [5.74, 6) is 0.400. The van der Waals surface area contributed by atoms with Crippen molar-refractivity contribution < 1.29 is 19.1 Å². The zero-order chi connectivity index (χ0) is 15.9. The molecule has 5 nitrogen and oxygen atoms in total. The molecule has 1 aromatic carbocycles. The van der Waals surface area contributed by atoms with Crippen LogP contribution < -0.4 is 4.74 Å². The maximum Gasteiger partial charge on any atom is 0.357 e. The first kappa shape index (κ1) is 16.2. The number of methoxy groups -OCH3 is 1. The lowest BCUT2D eigenvalue weighted by Gasteiger charge is -2.01. The lowest BCUT2D eigenvalue weighted by Crippen LogP contribution is -2.07. The van der Waals surface area contributed by atoms with Gasteiger partial charge in [-0.25, -0.2) is 9.78 Å². The average Bonchev–Trinajstić information content (AvgIpc) is 3.01. The van der Waals surface area contributed by atoms with Crippen LogP contribution in [0.3, 0.4) is 0 Å². The van der Waals surface area contributed by atoms with E-state index in [1.54, 1.807) is 12.5 Å². The van der Waals surface area contributed by atoms with Crippen LogP contribution in [0.4, 0.5) is 0 Å². The number of Topliss-reactive ketones (excluding diaryl/α,β-unsaturated/α-hetero) is 1. The van der Waals surface area contributed by atoms with Gasteiger partial charge in [0.15, 0.2) is 5.69 Å². The number of ketones is 1. The number of ether oxygens (including phenoxy) is 2. The Balaban J connectivity index is 1.95. The van der Waals surface area contributed by atoms with Crippen molar-refractivity contribution in [2.24, 2.45) is 0 Å². The summed E-state index contributed by atoms with van der Waals surface area (Å²) in [5.41, 5.74) is 1.21. The van der Waals surface area contributed by atoms with Crippen molar-refractivity contribution in [1.29, 1.82) is 0 Å². The van der Waals surface area contributed by atoms with Crippen LogP contribution in [-0.2, 0) is 9.53 Å². The first-order chi connectivity index (χ1) is 10.6. The highest BCUT2D eigenvalue weighted by molar-refractivity contribution is 7.13. The number of esters is 1. The van der Waals surface area contributed by atoms with Gasteiger partial charge in [-0.1, -0.05) is 0 Å². The van der Waals surface area contributed by atoms with Gasteiger partial charge in [0.05, 0.1) is 13.7 Å². The molecule has 0 N–H and O–H groups in total. The summed E-state index contributed by atoms with van der Waals surface area (Å²) >= 11 is 1.38. The molecule has 0 saturated carbocycles. The molecule has 1 aromatic heterocycles. The number of benzene rings is 1. The molecular formula is C16H17NO4S. The van der Waals surface area contributed by atoms with Gasteiger partial charge in [0, 0.05) is 17.4 Å². The summed E-state index contributed by atoms with van der Waals surface area (Å²) in [6, 6.07) is 7.46. The fourth-order valence-electron chi connectivity index (χ4n) is 1.79. The quantitative estimate of drug-likeness (QED) is 0.578. The standard InChI is InChI=1S/C16H17NO4S/c1-11(18)4-3-9-21-16(19)14-10-22-15(17-14)12-5-7-13(20-2)8-6-12/h5-8,10H,3-4,9H2,1-2H3. The van der Waals surface area contributed by atoms with E-state index in [0.717, 1.165) is 16.3 Å². The van der Waals surface area contributed by atoms with Crippen molar-refractivity contribution in [1.82, 2.24) is 4.98 Å². The smallest absolute Gasteiger partial charge is 0.357 e. The number of carbonyl (C=O) groups is 2. The van der Waals surface area contributed by atoms with Crippen LogP contribution >= 0.6 is 11.3 Å². The molecule has 0 aliphatic carbocycles. The van der Waals surface area contributed by atoms with Gasteiger partial charge in [0.2, 0.25) is 0 Å². The molecule has 0 amide bonds. The molecular weight excluding hydrogens is 302 g/mol. The Morgan fingerprint density at radius 2 is 1.95 bits per heavy atom. The van der Waals surface area contributed by atoms with Crippen molar-refractivity contribution in [2.45, 2.75) is 19.8 Å². The van der Waals surface area contributed by atoms with E-state index in [1.165, 1.54) is 18.3 Å². The maximum atomic E-state index is 11.9. The molecule has 0 spiro atoms. The number of aromatic nitrogens is 1. The largest absolute Gasteiger partial charge is 0.497 e. The zero-order valence-corrected chi connectivity index (χ0v) is 13.3. The Kier molecular flexibility index (Phi) is 5.66. The minimum absolute atomic E-state index is 0.0894. The summed E-state index contributed by atoms with van der Waals surface area (Å²) in [6.45, 7) is 1.75. The van der Waals surface area contributed by atoms with Crippen LogP contribution in [0.5, 0.6) is 5.75 Å². The van der Waals surface area contributed by atoms with Gasteiger partial charge in [-0.2, -0.15) is 0 Å². The third kappa shape index (κ3) is 4.39. The highest BCUT2D eigenvalue weighted by Crippen LogP contribution is 2.25. The second-order valence-corrected chi connectivity index (χ2v) is 5.57. The van der Waals surface area contributed by atoms with Crippen LogP contribution in [0.25, 0.3) is 10.6 Å². The van der Waals surface area contributed by atoms with Gasteiger partial charge in [-0.3, -0.25) is 0 Å². The minimum Gasteiger partial charge on any atom is -0.497 e. The molecule has 0 unspecified atom stereocenters. The predicted octanol–water partition coefficient (Wildman–Crippen LogP) is 3.34. The number of hydrogen-bond donors (Lipinski definition) is 0. The summed E-state index contributed by atoms with van der Waals surface area (Å²) in [5, 5.41) is 2.42. The van der Waals surface area contributed by atoms with Gasteiger partial charge in [0.25, 0.3) is 0 Å². The number of thiazole rings is 1. The Bertz CT molecular complexity index is 648. The van der Waals surface area contributed by atoms with Crippen LogP contribution in [0, 0.1) is 0 Å². The van der Waals surface area contributed by atoms with Crippen molar-refractivity contribution in [3.63, 3.8) is 0 Å². The molecule has 0 atom stereocenters. The molecule has 22 heavy (non-hydrogen) atoms. The van der Waals surface area contributed by atoms with Gasteiger partial charge in [-0.15, -0.1) is 11.3 Å². The highest BCUT2D eigenvalue weighted by atomic mass is 32.1. The Morgan fingerprint density at radius 3 is 2.59 bits per heavy atom. The van der Waals surface area contributed by atoms with E-state index in [-0.39, 0.29) is 12.4 Å². The molecule has 2 rings (SSSR count). The molecule has 0 fully saturated rings. The van der Waals surface area contributed by atoms with Crippen LogP contribution in [0.15, 0.2) is 29.6 Å². The Morgan fingerprint density at radius 1 is 1.23 bits per heavy atom. The molecule has 0 aliphatic heterocycles. The Labute approximate surface area is 132 Å². The fraction of sp³-hybridized carbons (Fsp3) is 0.312. The highest BCUT2D eigenvalue weighted by Gasteiger charge is 2.13. The second-order valence-electron chi connectivity index (χ2n) is 4.71.